The highest BCUT2D eigenvalue weighted by atomic mass is 79.9. The summed E-state index contributed by atoms with van der Waals surface area (Å²) in [6.07, 6.45) is 0.760. The minimum atomic E-state index is -0.109. The van der Waals surface area contributed by atoms with Crippen LogP contribution in [0.25, 0.3) is 0 Å². The zero-order valence-electron chi connectivity index (χ0n) is 12.1. The molecule has 1 saturated heterocycles. The van der Waals surface area contributed by atoms with Crippen molar-refractivity contribution in [1.29, 1.82) is 0 Å². The molecule has 1 aromatic carbocycles. The summed E-state index contributed by atoms with van der Waals surface area (Å²) < 4.78 is 5.89. The molecule has 2 atom stereocenters. The van der Waals surface area contributed by atoms with Crippen molar-refractivity contribution in [3.8, 4) is 0 Å². The van der Waals surface area contributed by atoms with E-state index in [1.165, 1.54) is 12.7 Å². The molecule has 5 nitrogen and oxygen atoms in total. The first-order valence-electron chi connectivity index (χ1n) is 7.00. The van der Waals surface area contributed by atoms with Crippen molar-refractivity contribution in [2.75, 3.05) is 26.9 Å². The average molecular weight is 357 g/mol. The first kappa shape index (κ1) is 16.4. The summed E-state index contributed by atoms with van der Waals surface area (Å²) in [7, 11) is 1.50. The first-order valence-corrected chi connectivity index (χ1v) is 7.80. The summed E-state index contributed by atoms with van der Waals surface area (Å²) in [5, 5.41) is 12.5. The lowest BCUT2D eigenvalue weighted by Gasteiger charge is -2.23. The van der Waals surface area contributed by atoms with Gasteiger partial charge in [0.05, 0.1) is 6.61 Å². The van der Waals surface area contributed by atoms with Crippen LogP contribution in [-0.2, 0) is 16.1 Å². The third-order valence-electron chi connectivity index (χ3n) is 3.71. The van der Waals surface area contributed by atoms with E-state index in [4.69, 9.17) is 4.74 Å². The van der Waals surface area contributed by atoms with Gasteiger partial charge < -0.3 is 15.2 Å². The number of carbonyl (C=O) groups is 1. The van der Waals surface area contributed by atoms with Crippen molar-refractivity contribution in [3.63, 3.8) is 0 Å². The number of amides is 1. The molecule has 1 amide bonds. The molecular weight excluding hydrogens is 336 g/mol. The van der Waals surface area contributed by atoms with E-state index < -0.39 is 0 Å². The van der Waals surface area contributed by atoms with Crippen LogP contribution in [0.5, 0.6) is 0 Å². The van der Waals surface area contributed by atoms with Crippen LogP contribution in [0.15, 0.2) is 28.7 Å². The maximum Gasteiger partial charge on any atom is 0.246 e. The topological polar surface area (TPSA) is 61.8 Å². The van der Waals surface area contributed by atoms with Crippen molar-refractivity contribution in [3.05, 3.63) is 34.3 Å². The van der Waals surface area contributed by atoms with E-state index in [9.17, 15) is 9.90 Å². The lowest BCUT2D eigenvalue weighted by atomic mass is 10.1. The molecule has 1 fully saturated rings. The van der Waals surface area contributed by atoms with Crippen LogP contribution < -0.4 is 5.32 Å². The standard InChI is InChI=1S/C15H21BrN2O3/c1-21-10-15(20)17-12-6-13(9-19)18(8-12)7-11-4-2-3-5-14(11)16/h2-5,12-13,19H,6-10H2,1H3,(H,17,20)/t12-,13-/m0/s1. The van der Waals surface area contributed by atoms with Gasteiger partial charge in [-0.2, -0.15) is 0 Å². The van der Waals surface area contributed by atoms with Gasteiger partial charge in [0.15, 0.2) is 0 Å². The number of aliphatic hydroxyl groups excluding tert-OH is 1. The highest BCUT2D eigenvalue weighted by Crippen LogP contribution is 2.24. The molecule has 1 aliphatic rings. The molecule has 21 heavy (non-hydrogen) atoms. The van der Waals surface area contributed by atoms with Gasteiger partial charge in [-0.3, -0.25) is 9.69 Å². The Hall–Kier alpha value is -0.950. The van der Waals surface area contributed by atoms with Crippen molar-refractivity contribution in [2.45, 2.75) is 25.0 Å². The number of likely N-dealkylation sites (tertiary alicyclic amines) is 1. The van der Waals surface area contributed by atoms with E-state index in [1.807, 2.05) is 18.2 Å². The number of benzene rings is 1. The highest BCUT2D eigenvalue weighted by molar-refractivity contribution is 9.10. The van der Waals surface area contributed by atoms with E-state index in [0.717, 1.165) is 24.0 Å². The molecule has 1 aromatic rings. The molecule has 2 N–H and O–H groups in total. The number of halogens is 1. The SMILES string of the molecule is COCC(=O)N[C@H]1C[C@@H](CO)N(Cc2ccccc2Br)C1. The highest BCUT2D eigenvalue weighted by Gasteiger charge is 2.32. The Morgan fingerprint density at radius 2 is 2.29 bits per heavy atom. The number of carbonyl (C=O) groups excluding carboxylic acids is 1. The molecular formula is C15H21BrN2O3. The van der Waals surface area contributed by atoms with Gasteiger partial charge in [0.1, 0.15) is 6.61 Å². The van der Waals surface area contributed by atoms with Crippen molar-refractivity contribution >= 4 is 21.8 Å². The summed E-state index contributed by atoms with van der Waals surface area (Å²) in [5.74, 6) is -0.109. The normalized spacial score (nSPS) is 22.4. The van der Waals surface area contributed by atoms with Crippen LogP contribution in [0.1, 0.15) is 12.0 Å². The molecule has 0 aliphatic carbocycles. The molecule has 0 aromatic heterocycles. The summed E-state index contributed by atoms with van der Waals surface area (Å²) in [5.41, 5.74) is 1.18. The van der Waals surface area contributed by atoms with Gasteiger partial charge in [-0.05, 0) is 18.1 Å². The Labute approximate surface area is 133 Å². The largest absolute Gasteiger partial charge is 0.395 e. The van der Waals surface area contributed by atoms with Gasteiger partial charge in [-0.15, -0.1) is 0 Å². The second kappa shape index (κ2) is 7.89. The molecule has 0 bridgehead atoms. The molecule has 0 unspecified atom stereocenters. The smallest absolute Gasteiger partial charge is 0.246 e. The number of nitrogens with one attached hydrogen (secondary N) is 1. The zero-order valence-corrected chi connectivity index (χ0v) is 13.7. The van der Waals surface area contributed by atoms with E-state index in [-0.39, 0.29) is 31.2 Å². The van der Waals surface area contributed by atoms with Gasteiger partial charge in [-0.25, -0.2) is 0 Å². The quantitative estimate of drug-likeness (QED) is 0.802. The lowest BCUT2D eigenvalue weighted by Crippen LogP contribution is -2.38. The first-order chi connectivity index (χ1) is 10.1. The van der Waals surface area contributed by atoms with E-state index >= 15 is 0 Å². The predicted molar refractivity (Wildman–Crippen MR) is 83.8 cm³/mol. The van der Waals surface area contributed by atoms with Crippen LogP contribution in [-0.4, -0.2) is 54.9 Å². The maximum absolute atomic E-state index is 11.6. The second-order valence-corrected chi connectivity index (χ2v) is 6.14. The van der Waals surface area contributed by atoms with E-state index in [2.05, 4.69) is 32.2 Å². The number of aliphatic hydroxyl groups is 1. The number of methoxy groups -OCH3 is 1. The van der Waals surface area contributed by atoms with Gasteiger partial charge in [0.25, 0.3) is 0 Å². The fourth-order valence-electron chi connectivity index (χ4n) is 2.72. The van der Waals surface area contributed by atoms with Crippen LogP contribution >= 0.6 is 15.9 Å². The summed E-state index contributed by atoms with van der Waals surface area (Å²) in [4.78, 5) is 13.8. The van der Waals surface area contributed by atoms with Crippen molar-refractivity contribution < 1.29 is 14.6 Å². The summed E-state index contributed by atoms with van der Waals surface area (Å²) in [6.45, 7) is 1.66. The zero-order chi connectivity index (χ0) is 15.2. The van der Waals surface area contributed by atoms with Gasteiger partial charge in [0.2, 0.25) is 5.91 Å². The minimum absolute atomic E-state index is 0.0623. The Bertz CT molecular complexity index is 484. The summed E-state index contributed by atoms with van der Waals surface area (Å²) >= 11 is 3.55. The molecule has 2 rings (SSSR count). The Balaban J connectivity index is 1.96. The van der Waals surface area contributed by atoms with Gasteiger partial charge in [-0.1, -0.05) is 34.1 Å². The minimum Gasteiger partial charge on any atom is -0.395 e. The van der Waals surface area contributed by atoms with Gasteiger partial charge >= 0.3 is 0 Å². The van der Waals surface area contributed by atoms with Crippen LogP contribution in [0.2, 0.25) is 0 Å². The summed E-state index contributed by atoms with van der Waals surface area (Å²) in [6, 6.07) is 8.20. The van der Waals surface area contributed by atoms with Crippen LogP contribution in [0, 0.1) is 0 Å². The molecule has 0 radical (unpaired) electrons. The van der Waals surface area contributed by atoms with Crippen molar-refractivity contribution in [1.82, 2.24) is 10.2 Å². The Morgan fingerprint density at radius 3 is 2.95 bits per heavy atom. The maximum atomic E-state index is 11.6. The second-order valence-electron chi connectivity index (χ2n) is 5.29. The molecule has 116 valence electrons. The number of hydrogen-bond acceptors (Lipinski definition) is 4. The monoisotopic (exact) mass is 356 g/mol. The molecule has 1 heterocycles. The number of hydrogen-bond donors (Lipinski definition) is 2. The third-order valence-corrected chi connectivity index (χ3v) is 4.48. The predicted octanol–water partition coefficient (Wildman–Crippen LogP) is 1.15. The number of ether oxygens (including phenoxy) is 1. The molecule has 0 spiro atoms. The average Bonchev–Trinajstić information content (AvgIpc) is 2.83. The molecule has 1 aliphatic heterocycles. The van der Waals surface area contributed by atoms with E-state index in [0.29, 0.717) is 0 Å². The molecule has 6 heteroatoms. The lowest BCUT2D eigenvalue weighted by molar-refractivity contribution is -0.125. The van der Waals surface area contributed by atoms with Crippen LogP contribution in [0.4, 0.5) is 0 Å². The Kier molecular flexibility index (Phi) is 6.17. The number of rotatable bonds is 6. The fraction of sp³-hybridized carbons (Fsp3) is 0.533. The van der Waals surface area contributed by atoms with Crippen molar-refractivity contribution in [2.24, 2.45) is 0 Å². The van der Waals surface area contributed by atoms with Crippen LogP contribution in [0.3, 0.4) is 0 Å². The number of nitrogens with zero attached hydrogens (tertiary/aromatic N) is 1. The third kappa shape index (κ3) is 4.51. The van der Waals surface area contributed by atoms with Gasteiger partial charge in [0, 0.05) is 36.8 Å². The molecule has 0 saturated carbocycles. The van der Waals surface area contributed by atoms with E-state index in [1.54, 1.807) is 0 Å². The fourth-order valence-corrected chi connectivity index (χ4v) is 3.13. The Morgan fingerprint density at radius 1 is 1.52 bits per heavy atom.